The van der Waals surface area contributed by atoms with Crippen LogP contribution in [0.5, 0.6) is 0 Å². The predicted molar refractivity (Wildman–Crippen MR) is 89.2 cm³/mol. The number of aryl methyl sites for hydroxylation is 1. The van der Waals surface area contributed by atoms with Crippen LogP contribution < -0.4 is 0 Å². The van der Waals surface area contributed by atoms with Gasteiger partial charge in [-0.3, -0.25) is 0 Å². The summed E-state index contributed by atoms with van der Waals surface area (Å²) in [6.07, 6.45) is 6.73. The molecule has 1 aliphatic heterocycles. The van der Waals surface area contributed by atoms with Crippen LogP contribution in [0.15, 0.2) is 29.7 Å². The van der Waals surface area contributed by atoms with E-state index in [1.807, 2.05) is 10.9 Å². The van der Waals surface area contributed by atoms with Gasteiger partial charge >= 0.3 is 5.97 Å². The number of aromatic nitrogens is 3. The van der Waals surface area contributed by atoms with E-state index in [1.165, 1.54) is 13.4 Å². The summed E-state index contributed by atoms with van der Waals surface area (Å²) in [5.74, 6) is -0.371. The number of rotatable bonds is 6. The van der Waals surface area contributed by atoms with E-state index in [-0.39, 0.29) is 17.8 Å². The Labute approximate surface area is 148 Å². The van der Waals surface area contributed by atoms with E-state index in [4.69, 9.17) is 14.2 Å². The van der Waals surface area contributed by atoms with Crippen molar-refractivity contribution in [2.75, 3.05) is 19.5 Å². The highest BCUT2D eigenvalue weighted by molar-refractivity contribution is 9.09. The van der Waals surface area contributed by atoms with Crippen molar-refractivity contribution in [3.05, 3.63) is 35.4 Å². The summed E-state index contributed by atoms with van der Waals surface area (Å²) in [4.78, 5) is 12.0. The van der Waals surface area contributed by atoms with Gasteiger partial charge in [-0.15, -0.1) is 5.10 Å². The molecule has 24 heavy (non-hydrogen) atoms. The zero-order chi connectivity index (χ0) is 17.1. The molecule has 0 fully saturated rings. The summed E-state index contributed by atoms with van der Waals surface area (Å²) in [5.41, 5.74) is 2.64. The summed E-state index contributed by atoms with van der Waals surface area (Å²) in [6, 6.07) is 0. The van der Waals surface area contributed by atoms with E-state index in [1.54, 1.807) is 7.11 Å². The summed E-state index contributed by atoms with van der Waals surface area (Å²) in [7, 11) is 2.99. The van der Waals surface area contributed by atoms with Gasteiger partial charge in [0, 0.05) is 31.0 Å². The second kappa shape index (κ2) is 7.48. The number of carbonyl (C=O) groups is 1. The molecule has 2 aliphatic rings. The first kappa shape index (κ1) is 17.2. The number of halogens is 1. The maximum Gasteiger partial charge on any atom is 0.337 e. The zero-order valence-electron chi connectivity index (χ0n) is 13.6. The second-order valence-corrected chi connectivity index (χ2v) is 6.59. The fourth-order valence-corrected chi connectivity index (χ4v) is 3.73. The van der Waals surface area contributed by atoms with E-state index in [2.05, 4.69) is 32.3 Å². The number of hydrogen-bond acceptors (Lipinski definition) is 6. The van der Waals surface area contributed by atoms with Gasteiger partial charge in [-0.05, 0) is 12.0 Å². The molecule has 2 heterocycles. The number of carbonyl (C=O) groups excluding carboxylic acids is 1. The highest BCUT2D eigenvalue weighted by Crippen LogP contribution is 2.44. The standard InChI is InChI=1S/C16H20BrN3O4/c1-22-15(21)13-9-24-16(23-2)14-10(3-4-12(13)14)7-20-8-11(5-6-17)18-19-20/h3,8-9,12,14,16H,4-7H2,1-2H3/t12-,14-,16-/m1/s1. The second-order valence-electron chi connectivity index (χ2n) is 5.80. The molecule has 1 aliphatic carbocycles. The van der Waals surface area contributed by atoms with Gasteiger partial charge in [-0.1, -0.05) is 27.2 Å². The summed E-state index contributed by atoms with van der Waals surface area (Å²) in [6.45, 7) is 0.605. The first-order valence-electron chi connectivity index (χ1n) is 7.78. The largest absolute Gasteiger partial charge is 0.471 e. The number of hydrogen-bond donors (Lipinski definition) is 0. The third-order valence-electron chi connectivity index (χ3n) is 4.45. The fourth-order valence-electron chi connectivity index (χ4n) is 3.32. The third-order valence-corrected chi connectivity index (χ3v) is 4.85. The number of methoxy groups -OCH3 is 2. The van der Waals surface area contributed by atoms with Crippen LogP contribution in [0.4, 0.5) is 0 Å². The molecule has 3 atom stereocenters. The van der Waals surface area contributed by atoms with Gasteiger partial charge in [-0.2, -0.15) is 0 Å². The number of alkyl halides is 1. The average Bonchev–Trinajstić information content (AvgIpc) is 3.22. The van der Waals surface area contributed by atoms with Crippen molar-refractivity contribution in [1.82, 2.24) is 15.0 Å². The van der Waals surface area contributed by atoms with Crippen molar-refractivity contribution < 1.29 is 19.0 Å². The van der Waals surface area contributed by atoms with Crippen LogP contribution >= 0.6 is 15.9 Å². The molecule has 7 nitrogen and oxygen atoms in total. The Morgan fingerprint density at radius 2 is 2.33 bits per heavy atom. The normalized spacial score (nSPS) is 25.5. The van der Waals surface area contributed by atoms with E-state index >= 15 is 0 Å². The van der Waals surface area contributed by atoms with Gasteiger partial charge in [0.2, 0.25) is 6.29 Å². The number of allylic oxidation sites excluding steroid dienone is 1. The summed E-state index contributed by atoms with van der Waals surface area (Å²) in [5, 5.41) is 9.18. The quantitative estimate of drug-likeness (QED) is 0.414. The topological polar surface area (TPSA) is 75.5 Å². The van der Waals surface area contributed by atoms with E-state index < -0.39 is 6.29 Å². The Balaban J connectivity index is 1.78. The first-order valence-corrected chi connectivity index (χ1v) is 8.90. The molecule has 0 unspecified atom stereocenters. The fraction of sp³-hybridized carbons (Fsp3) is 0.562. The Bertz CT molecular complexity index is 670. The number of esters is 1. The maximum absolute atomic E-state index is 12.0. The Morgan fingerprint density at radius 1 is 1.50 bits per heavy atom. The zero-order valence-corrected chi connectivity index (χ0v) is 15.2. The lowest BCUT2D eigenvalue weighted by molar-refractivity contribution is -0.146. The monoisotopic (exact) mass is 397 g/mol. The van der Waals surface area contributed by atoms with Crippen LogP contribution in [-0.4, -0.2) is 46.8 Å². The van der Waals surface area contributed by atoms with Gasteiger partial charge in [0.05, 0.1) is 37.1 Å². The SMILES string of the molecule is COC(=O)C1=CO[C@@H](OC)[C@@H]2C(Cn3cc(CCBr)nn3)=CC[C@H]12. The van der Waals surface area contributed by atoms with Crippen molar-refractivity contribution in [3.63, 3.8) is 0 Å². The van der Waals surface area contributed by atoms with Gasteiger partial charge in [0.15, 0.2) is 0 Å². The molecule has 3 rings (SSSR count). The van der Waals surface area contributed by atoms with Crippen LogP contribution in [0.25, 0.3) is 0 Å². The number of fused-ring (bicyclic) bond motifs is 1. The lowest BCUT2D eigenvalue weighted by Crippen LogP contribution is -2.37. The molecule has 1 aromatic rings. The smallest absolute Gasteiger partial charge is 0.337 e. The van der Waals surface area contributed by atoms with Crippen LogP contribution in [-0.2, 0) is 32.0 Å². The van der Waals surface area contributed by atoms with Crippen LogP contribution in [0.2, 0.25) is 0 Å². The molecule has 0 radical (unpaired) electrons. The molecule has 0 N–H and O–H groups in total. The molecule has 0 amide bonds. The highest BCUT2D eigenvalue weighted by Gasteiger charge is 2.44. The Morgan fingerprint density at radius 3 is 3.04 bits per heavy atom. The lowest BCUT2D eigenvalue weighted by atomic mass is 9.83. The molecule has 8 heteroatoms. The van der Waals surface area contributed by atoms with E-state index in [9.17, 15) is 4.79 Å². The third kappa shape index (κ3) is 3.25. The minimum atomic E-state index is -0.414. The predicted octanol–water partition coefficient (Wildman–Crippen LogP) is 1.84. The van der Waals surface area contributed by atoms with Gasteiger partial charge < -0.3 is 14.2 Å². The van der Waals surface area contributed by atoms with Crippen LogP contribution in [0, 0.1) is 11.8 Å². The molecule has 0 saturated heterocycles. The molecule has 0 aromatic carbocycles. The summed E-state index contributed by atoms with van der Waals surface area (Å²) < 4.78 is 17.8. The van der Waals surface area contributed by atoms with Crippen molar-refractivity contribution >= 4 is 21.9 Å². The molecular weight excluding hydrogens is 378 g/mol. The Hall–Kier alpha value is -1.67. The highest BCUT2D eigenvalue weighted by atomic mass is 79.9. The van der Waals surface area contributed by atoms with Crippen molar-refractivity contribution in [1.29, 1.82) is 0 Å². The van der Waals surface area contributed by atoms with Gasteiger partial charge in [-0.25, -0.2) is 9.48 Å². The maximum atomic E-state index is 12.0. The van der Waals surface area contributed by atoms with Crippen LogP contribution in [0.1, 0.15) is 12.1 Å². The van der Waals surface area contributed by atoms with Crippen LogP contribution in [0.3, 0.4) is 0 Å². The molecule has 0 saturated carbocycles. The molecule has 1 aromatic heterocycles. The first-order chi connectivity index (χ1) is 11.7. The molecular formula is C16H20BrN3O4. The minimum Gasteiger partial charge on any atom is -0.471 e. The van der Waals surface area contributed by atoms with E-state index in [0.717, 1.165) is 29.4 Å². The molecule has 0 bridgehead atoms. The van der Waals surface area contributed by atoms with E-state index in [0.29, 0.717) is 12.1 Å². The lowest BCUT2D eigenvalue weighted by Gasteiger charge is -2.34. The van der Waals surface area contributed by atoms with Gasteiger partial charge in [0.1, 0.15) is 0 Å². The average molecular weight is 398 g/mol. The van der Waals surface area contributed by atoms with Crippen molar-refractivity contribution in [3.8, 4) is 0 Å². The van der Waals surface area contributed by atoms with Crippen molar-refractivity contribution in [2.24, 2.45) is 11.8 Å². The summed E-state index contributed by atoms with van der Waals surface area (Å²) >= 11 is 3.40. The Kier molecular flexibility index (Phi) is 5.35. The molecule has 0 spiro atoms. The number of ether oxygens (including phenoxy) is 3. The van der Waals surface area contributed by atoms with Crippen molar-refractivity contribution in [2.45, 2.75) is 25.7 Å². The minimum absolute atomic E-state index is 0.0108. The van der Waals surface area contributed by atoms with Gasteiger partial charge in [0.25, 0.3) is 0 Å². The molecule has 130 valence electrons. The number of nitrogens with zero attached hydrogens (tertiary/aromatic N) is 3.